The lowest BCUT2D eigenvalue weighted by Gasteiger charge is -2.29. The van der Waals surface area contributed by atoms with Gasteiger partial charge in [0.25, 0.3) is 5.91 Å². The molecule has 0 bridgehead atoms. The van der Waals surface area contributed by atoms with Crippen molar-refractivity contribution >= 4 is 57.0 Å². The van der Waals surface area contributed by atoms with E-state index in [2.05, 4.69) is 29.3 Å². The predicted molar refractivity (Wildman–Crippen MR) is 106 cm³/mol. The molecule has 0 radical (unpaired) electrons. The van der Waals surface area contributed by atoms with E-state index in [4.69, 9.17) is 21.9 Å². The Balaban J connectivity index is 1.87. The summed E-state index contributed by atoms with van der Waals surface area (Å²) in [6, 6.07) is 8.24. The SMILES string of the molecule is Cc1cccc2cc(/C=C3\SC(=S)NC3=O)c(N3CCOCC3)nc12. The molecule has 4 rings (SSSR count). The third-order valence-electron chi connectivity index (χ3n) is 4.30. The Labute approximate surface area is 155 Å². The number of carbonyl (C=O) groups excluding carboxylic acids is 1. The Kier molecular flexibility index (Phi) is 4.45. The first kappa shape index (κ1) is 16.5. The van der Waals surface area contributed by atoms with Gasteiger partial charge >= 0.3 is 0 Å². The highest BCUT2D eigenvalue weighted by atomic mass is 32.2. The van der Waals surface area contributed by atoms with Crippen molar-refractivity contribution in [2.24, 2.45) is 0 Å². The lowest BCUT2D eigenvalue weighted by Crippen LogP contribution is -2.37. The maximum absolute atomic E-state index is 12.1. The van der Waals surface area contributed by atoms with E-state index in [0.29, 0.717) is 22.4 Å². The fraction of sp³-hybridized carbons (Fsp3) is 0.278. The maximum Gasteiger partial charge on any atom is 0.263 e. The topological polar surface area (TPSA) is 54.5 Å². The molecule has 2 aromatic rings. The van der Waals surface area contributed by atoms with Crippen LogP contribution in [-0.2, 0) is 9.53 Å². The molecule has 0 spiro atoms. The highest BCUT2D eigenvalue weighted by molar-refractivity contribution is 8.26. The third kappa shape index (κ3) is 3.27. The van der Waals surface area contributed by atoms with Crippen LogP contribution < -0.4 is 10.2 Å². The first-order valence-electron chi connectivity index (χ1n) is 8.10. The summed E-state index contributed by atoms with van der Waals surface area (Å²) < 4.78 is 5.96. The lowest BCUT2D eigenvalue weighted by molar-refractivity contribution is -0.115. The van der Waals surface area contributed by atoms with Crippen molar-refractivity contribution in [3.05, 3.63) is 40.3 Å². The molecule has 5 nitrogen and oxygen atoms in total. The summed E-state index contributed by atoms with van der Waals surface area (Å²) in [7, 11) is 0. The Morgan fingerprint density at radius 1 is 1.36 bits per heavy atom. The number of nitrogens with one attached hydrogen (secondary N) is 1. The molecule has 1 aromatic carbocycles. The van der Waals surface area contributed by atoms with Gasteiger partial charge in [0.2, 0.25) is 0 Å². The molecular weight excluding hydrogens is 354 g/mol. The van der Waals surface area contributed by atoms with Gasteiger partial charge in [-0.15, -0.1) is 0 Å². The number of anilines is 1. The molecule has 1 aromatic heterocycles. The van der Waals surface area contributed by atoms with E-state index in [1.165, 1.54) is 11.8 Å². The molecule has 7 heteroatoms. The first-order chi connectivity index (χ1) is 12.1. The first-order valence-corrected chi connectivity index (χ1v) is 9.32. The monoisotopic (exact) mass is 371 g/mol. The second-order valence-corrected chi connectivity index (χ2v) is 7.72. The Hall–Kier alpha value is -1.96. The number of pyridine rings is 1. The van der Waals surface area contributed by atoms with Gasteiger partial charge < -0.3 is 15.0 Å². The number of para-hydroxylation sites is 1. The fourth-order valence-corrected chi connectivity index (χ4v) is 4.09. The molecule has 2 aliphatic rings. The largest absolute Gasteiger partial charge is 0.378 e. The van der Waals surface area contributed by atoms with Crippen molar-refractivity contribution in [3.8, 4) is 0 Å². The van der Waals surface area contributed by atoms with Crippen LogP contribution in [0.25, 0.3) is 17.0 Å². The Morgan fingerprint density at radius 3 is 2.88 bits per heavy atom. The number of amides is 1. The van der Waals surface area contributed by atoms with E-state index < -0.39 is 0 Å². The molecule has 3 heterocycles. The quantitative estimate of drug-likeness (QED) is 0.647. The molecule has 0 atom stereocenters. The molecule has 0 saturated carbocycles. The van der Waals surface area contributed by atoms with Crippen LogP contribution in [0.5, 0.6) is 0 Å². The van der Waals surface area contributed by atoms with Crippen LogP contribution >= 0.6 is 24.0 Å². The number of aryl methyl sites for hydroxylation is 1. The van der Waals surface area contributed by atoms with Gasteiger partial charge in [-0.25, -0.2) is 4.98 Å². The van der Waals surface area contributed by atoms with Crippen molar-refractivity contribution in [1.29, 1.82) is 0 Å². The number of benzene rings is 1. The predicted octanol–water partition coefficient (Wildman–Crippen LogP) is 2.87. The molecule has 2 aliphatic heterocycles. The smallest absolute Gasteiger partial charge is 0.263 e. The van der Waals surface area contributed by atoms with E-state index in [0.717, 1.165) is 40.9 Å². The average molecular weight is 371 g/mol. The minimum Gasteiger partial charge on any atom is -0.378 e. The summed E-state index contributed by atoms with van der Waals surface area (Å²) in [5, 5.41) is 3.73. The van der Waals surface area contributed by atoms with Gasteiger partial charge in [-0.1, -0.05) is 42.2 Å². The van der Waals surface area contributed by atoms with Gasteiger partial charge in [0, 0.05) is 24.0 Å². The van der Waals surface area contributed by atoms with Gasteiger partial charge in [0.05, 0.1) is 23.6 Å². The molecule has 2 saturated heterocycles. The van der Waals surface area contributed by atoms with Gasteiger partial charge in [0.1, 0.15) is 10.1 Å². The lowest BCUT2D eigenvalue weighted by atomic mass is 10.1. The van der Waals surface area contributed by atoms with Gasteiger partial charge in [0.15, 0.2) is 0 Å². The number of carbonyl (C=O) groups is 1. The number of thioether (sulfide) groups is 1. The second-order valence-electron chi connectivity index (χ2n) is 6.00. The number of aromatic nitrogens is 1. The Morgan fingerprint density at radius 2 is 2.16 bits per heavy atom. The van der Waals surface area contributed by atoms with Crippen molar-refractivity contribution in [1.82, 2.24) is 10.3 Å². The zero-order valence-corrected chi connectivity index (χ0v) is 15.4. The molecule has 1 amide bonds. The second kappa shape index (κ2) is 6.74. The van der Waals surface area contributed by atoms with Crippen LogP contribution in [0.3, 0.4) is 0 Å². The van der Waals surface area contributed by atoms with Crippen molar-refractivity contribution in [3.63, 3.8) is 0 Å². The van der Waals surface area contributed by atoms with E-state index in [9.17, 15) is 4.79 Å². The van der Waals surface area contributed by atoms with Crippen LogP contribution in [-0.4, -0.2) is 41.5 Å². The minimum atomic E-state index is -0.146. The fourth-order valence-electron chi connectivity index (χ4n) is 3.05. The van der Waals surface area contributed by atoms with Crippen LogP contribution in [0.4, 0.5) is 5.82 Å². The average Bonchev–Trinajstić information content (AvgIpc) is 2.93. The highest BCUT2D eigenvalue weighted by Crippen LogP contribution is 2.32. The number of hydrogen-bond acceptors (Lipinski definition) is 6. The molecule has 25 heavy (non-hydrogen) atoms. The van der Waals surface area contributed by atoms with Gasteiger partial charge in [-0.3, -0.25) is 4.79 Å². The van der Waals surface area contributed by atoms with Crippen molar-refractivity contribution in [2.75, 3.05) is 31.2 Å². The number of nitrogens with zero attached hydrogens (tertiary/aromatic N) is 2. The van der Waals surface area contributed by atoms with Crippen LogP contribution in [0.15, 0.2) is 29.2 Å². The van der Waals surface area contributed by atoms with E-state index in [1.54, 1.807) is 0 Å². The zero-order valence-electron chi connectivity index (χ0n) is 13.7. The summed E-state index contributed by atoms with van der Waals surface area (Å²) in [4.78, 5) is 19.8. The van der Waals surface area contributed by atoms with E-state index in [1.807, 2.05) is 18.2 Å². The zero-order chi connectivity index (χ0) is 17.4. The van der Waals surface area contributed by atoms with Crippen molar-refractivity contribution < 1.29 is 9.53 Å². The molecule has 0 aliphatic carbocycles. The summed E-state index contributed by atoms with van der Waals surface area (Å²) in [6.45, 7) is 5.01. The minimum absolute atomic E-state index is 0.146. The van der Waals surface area contributed by atoms with Gasteiger partial charge in [-0.2, -0.15) is 0 Å². The highest BCUT2D eigenvalue weighted by Gasteiger charge is 2.24. The summed E-state index contributed by atoms with van der Waals surface area (Å²) in [6.07, 6.45) is 1.89. The van der Waals surface area contributed by atoms with Crippen LogP contribution in [0, 0.1) is 6.92 Å². The number of rotatable bonds is 2. The number of hydrogen-bond donors (Lipinski definition) is 1. The molecule has 0 unspecified atom stereocenters. The number of fused-ring (bicyclic) bond motifs is 1. The van der Waals surface area contributed by atoms with Gasteiger partial charge in [-0.05, 0) is 24.6 Å². The molecular formula is C18H17N3O2S2. The van der Waals surface area contributed by atoms with Crippen molar-refractivity contribution in [2.45, 2.75) is 6.92 Å². The normalized spacial score (nSPS) is 19.7. The molecule has 1 N–H and O–H groups in total. The van der Waals surface area contributed by atoms with E-state index >= 15 is 0 Å². The van der Waals surface area contributed by atoms with Crippen LogP contribution in [0.1, 0.15) is 11.1 Å². The number of ether oxygens (including phenoxy) is 1. The Bertz CT molecular complexity index is 905. The third-order valence-corrected chi connectivity index (χ3v) is 5.46. The number of morpholine rings is 1. The number of thiocarbonyl (C=S) groups is 1. The standard InChI is InChI=1S/C18H17N3O2S2/c1-11-3-2-4-12-9-13(10-14-17(22)20-18(24)25-14)16(19-15(11)12)21-5-7-23-8-6-21/h2-4,9-10H,5-8H2,1H3,(H,20,22,24)/b14-10-. The summed E-state index contributed by atoms with van der Waals surface area (Å²) in [5.74, 6) is 0.746. The van der Waals surface area contributed by atoms with Crippen LogP contribution in [0.2, 0.25) is 0 Å². The maximum atomic E-state index is 12.1. The van der Waals surface area contributed by atoms with E-state index in [-0.39, 0.29) is 5.91 Å². The molecule has 2 fully saturated rings. The summed E-state index contributed by atoms with van der Waals surface area (Å²) in [5.41, 5.74) is 3.06. The molecule has 128 valence electrons. The summed E-state index contributed by atoms with van der Waals surface area (Å²) >= 11 is 6.38.